The van der Waals surface area contributed by atoms with Crippen molar-refractivity contribution in [1.29, 1.82) is 0 Å². The molecular formula is C26H22F5IN4O4. The number of benzene rings is 2. The van der Waals surface area contributed by atoms with E-state index in [4.69, 9.17) is 9.47 Å². The number of hydrogen-bond acceptors (Lipinski definition) is 5. The van der Waals surface area contributed by atoms with Gasteiger partial charge in [-0.1, -0.05) is 30.3 Å². The Kier molecular flexibility index (Phi) is 8.37. The van der Waals surface area contributed by atoms with E-state index in [0.29, 0.717) is 45.9 Å². The number of imidazole rings is 1. The van der Waals surface area contributed by atoms with E-state index in [1.54, 1.807) is 42.0 Å². The first-order valence-electron chi connectivity index (χ1n) is 11.7. The fraction of sp³-hybridized carbons (Fsp3) is 0.269. The summed E-state index contributed by atoms with van der Waals surface area (Å²) in [5.41, 5.74) is 0.953. The van der Waals surface area contributed by atoms with Gasteiger partial charge in [0.2, 0.25) is 5.95 Å². The summed E-state index contributed by atoms with van der Waals surface area (Å²) in [5, 5.41) is 9.69. The largest absolute Gasteiger partial charge is 0.493 e. The van der Waals surface area contributed by atoms with Crippen molar-refractivity contribution in [3.8, 4) is 11.5 Å². The highest BCUT2D eigenvalue weighted by atomic mass is 127. The van der Waals surface area contributed by atoms with Crippen LogP contribution in [0.5, 0.6) is 11.5 Å². The maximum atomic E-state index is 13.5. The second-order valence-electron chi connectivity index (χ2n) is 8.56. The maximum absolute atomic E-state index is 13.5. The van der Waals surface area contributed by atoms with Gasteiger partial charge in [0.05, 0.1) is 13.7 Å². The van der Waals surface area contributed by atoms with Gasteiger partial charge < -0.3 is 14.6 Å². The van der Waals surface area contributed by atoms with Crippen molar-refractivity contribution < 1.29 is 41.3 Å². The van der Waals surface area contributed by atoms with Crippen LogP contribution in [0.4, 0.5) is 32.7 Å². The third kappa shape index (κ3) is 5.90. The van der Waals surface area contributed by atoms with Crippen molar-refractivity contribution in [2.24, 2.45) is 0 Å². The summed E-state index contributed by atoms with van der Waals surface area (Å²) in [7, 11) is 1.42. The summed E-state index contributed by atoms with van der Waals surface area (Å²) >= 11 is 2.09. The lowest BCUT2D eigenvalue weighted by Crippen LogP contribution is -2.33. The minimum absolute atomic E-state index is 0.115. The van der Waals surface area contributed by atoms with Gasteiger partial charge in [-0.25, -0.2) is 19.7 Å². The summed E-state index contributed by atoms with van der Waals surface area (Å²) in [6.07, 6.45) is -5.21. The summed E-state index contributed by atoms with van der Waals surface area (Å²) in [4.78, 5) is 21.9. The Morgan fingerprint density at radius 2 is 1.73 bits per heavy atom. The van der Waals surface area contributed by atoms with E-state index in [1.165, 1.54) is 7.11 Å². The van der Waals surface area contributed by atoms with Crippen molar-refractivity contribution in [3.05, 3.63) is 75.0 Å². The molecule has 0 aliphatic heterocycles. The number of nitrogens with zero attached hydrogens (tertiary/aromatic N) is 4. The minimum Gasteiger partial charge on any atom is -0.493 e. The van der Waals surface area contributed by atoms with Crippen molar-refractivity contribution in [3.63, 3.8) is 0 Å². The molecule has 2 heterocycles. The van der Waals surface area contributed by atoms with E-state index in [0.717, 1.165) is 20.6 Å². The number of carboxylic acid groups (broad SMARTS) is 1. The second-order valence-corrected chi connectivity index (χ2v) is 9.81. The highest BCUT2D eigenvalue weighted by Gasteiger charge is 2.58. The molecule has 14 heteroatoms. The Bertz CT molecular complexity index is 1530. The van der Waals surface area contributed by atoms with Gasteiger partial charge in [0, 0.05) is 21.9 Å². The predicted molar refractivity (Wildman–Crippen MR) is 144 cm³/mol. The van der Waals surface area contributed by atoms with Crippen LogP contribution in [-0.4, -0.2) is 45.6 Å². The zero-order valence-corrected chi connectivity index (χ0v) is 23.2. The third-order valence-electron chi connectivity index (χ3n) is 5.96. The van der Waals surface area contributed by atoms with Gasteiger partial charge in [-0.15, -0.1) is 0 Å². The van der Waals surface area contributed by atoms with E-state index in [2.05, 4.69) is 32.6 Å². The molecule has 0 bridgehead atoms. The van der Waals surface area contributed by atoms with Gasteiger partial charge >= 0.3 is 18.2 Å². The normalized spacial score (nSPS) is 12.0. The summed E-state index contributed by atoms with van der Waals surface area (Å²) < 4.78 is 78.6. The van der Waals surface area contributed by atoms with Crippen LogP contribution >= 0.6 is 22.6 Å². The second kappa shape index (κ2) is 11.4. The summed E-state index contributed by atoms with van der Waals surface area (Å²) in [6.45, 7) is 1.95. The van der Waals surface area contributed by atoms with Crippen LogP contribution in [0, 0.1) is 3.57 Å². The number of amides is 1. The fourth-order valence-corrected chi connectivity index (χ4v) is 4.37. The highest BCUT2D eigenvalue weighted by Crippen LogP contribution is 2.43. The lowest BCUT2D eigenvalue weighted by Gasteiger charge is -2.20. The number of aromatic nitrogens is 3. The van der Waals surface area contributed by atoms with Gasteiger partial charge in [-0.2, -0.15) is 22.0 Å². The topological polar surface area (TPSA) is 89.7 Å². The van der Waals surface area contributed by atoms with Gasteiger partial charge in [0.1, 0.15) is 12.1 Å². The monoisotopic (exact) mass is 676 g/mol. The van der Waals surface area contributed by atoms with Crippen LogP contribution in [-0.2, 0) is 19.1 Å². The molecule has 40 heavy (non-hydrogen) atoms. The molecule has 1 amide bonds. The molecule has 0 radical (unpaired) electrons. The van der Waals surface area contributed by atoms with Crippen LogP contribution in [0.3, 0.4) is 0 Å². The van der Waals surface area contributed by atoms with Gasteiger partial charge in [0.25, 0.3) is 0 Å². The van der Waals surface area contributed by atoms with E-state index < -0.39 is 23.8 Å². The number of fused-ring (bicyclic) bond motifs is 1. The van der Waals surface area contributed by atoms with Crippen LogP contribution in [0.15, 0.2) is 54.7 Å². The first-order valence-corrected chi connectivity index (χ1v) is 12.8. The molecule has 0 aliphatic carbocycles. The first kappa shape index (κ1) is 29.3. The molecule has 0 atom stereocenters. The zero-order chi connectivity index (χ0) is 29.2. The van der Waals surface area contributed by atoms with Gasteiger partial charge in [-0.3, -0.25) is 4.57 Å². The average Bonchev–Trinajstić information content (AvgIpc) is 3.24. The number of hydrogen-bond donors (Lipinski definition) is 1. The molecule has 0 spiro atoms. The molecule has 2 aromatic heterocycles. The Morgan fingerprint density at radius 3 is 2.33 bits per heavy atom. The smallest absolute Gasteiger partial charge is 0.458 e. The quantitative estimate of drug-likeness (QED) is 0.155. The molecule has 1 N–H and O–H groups in total. The molecule has 212 valence electrons. The summed E-state index contributed by atoms with van der Waals surface area (Å²) in [6, 6.07) is 10.5. The van der Waals surface area contributed by atoms with E-state index in [-0.39, 0.29) is 25.6 Å². The number of pyridine rings is 1. The van der Waals surface area contributed by atoms with Crippen LogP contribution in [0.25, 0.3) is 11.2 Å². The lowest BCUT2D eigenvalue weighted by atomic mass is 10.1. The van der Waals surface area contributed by atoms with Crippen molar-refractivity contribution in [1.82, 2.24) is 14.5 Å². The number of carbonyl (C=O) groups is 1. The molecule has 0 fully saturated rings. The van der Waals surface area contributed by atoms with Crippen molar-refractivity contribution in [2.75, 3.05) is 18.6 Å². The van der Waals surface area contributed by atoms with E-state index >= 15 is 0 Å². The van der Waals surface area contributed by atoms with E-state index in [1.807, 2.05) is 0 Å². The number of rotatable bonds is 9. The zero-order valence-electron chi connectivity index (χ0n) is 21.0. The number of alkyl halides is 5. The Balaban J connectivity index is 1.56. The van der Waals surface area contributed by atoms with Gasteiger partial charge in [-0.05, 0) is 58.8 Å². The Hall–Kier alpha value is -3.69. The lowest BCUT2D eigenvalue weighted by molar-refractivity contribution is -0.289. The van der Waals surface area contributed by atoms with Crippen molar-refractivity contribution >= 4 is 45.8 Å². The highest BCUT2D eigenvalue weighted by molar-refractivity contribution is 14.1. The molecule has 0 saturated heterocycles. The maximum Gasteiger partial charge on any atom is 0.458 e. The Labute approximate surface area is 238 Å². The average molecular weight is 676 g/mol. The molecule has 4 aromatic rings. The third-order valence-corrected chi connectivity index (χ3v) is 6.55. The molecule has 0 saturated carbocycles. The SMILES string of the molecule is CCN(C(=O)O)c1nc2cc(I)cnc2n1Cc1ccc(OCc2ccc(C(F)(F)C(F)(F)F)cc2)c(OC)c1. The molecule has 8 nitrogen and oxygen atoms in total. The van der Waals surface area contributed by atoms with Crippen molar-refractivity contribution in [2.45, 2.75) is 32.2 Å². The summed E-state index contributed by atoms with van der Waals surface area (Å²) in [5.74, 6) is -4.12. The van der Waals surface area contributed by atoms with E-state index in [9.17, 15) is 31.9 Å². The number of anilines is 1. The number of halogens is 6. The molecule has 2 aromatic carbocycles. The molecular weight excluding hydrogens is 654 g/mol. The first-order chi connectivity index (χ1) is 18.8. The van der Waals surface area contributed by atoms with Crippen LogP contribution < -0.4 is 14.4 Å². The molecule has 4 rings (SSSR count). The molecule has 0 aliphatic rings. The van der Waals surface area contributed by atoms with Crippen LogP contribution in [0.1, 0.15) is 23.6 Å². The van der Waals surface area contributed by atoms with Crippen LogP contribution in [0.2, 0.25) is 0 Å². The molecule has 0 unspecified atom stereocenters. The standard InChI is InChI=1S/C26H22F5IN4O4/c1-3-35(24(37)38)23-34-19-11-18(32)12-33-22(19)36(23)13-16-6-9-20(21(10-16)39-2)40-14-15-4-7-17(8-5-15)25(27,28)26(29,30)31/h4-12H,3,13-14H2,1-2H3,(H,37,38). The van der Waals surface area contributed by atoms with Gasteiger partial charge in [0.15, 0.2) is 17.1 Å². The Morgan fingerprint density at radius 1 is 1.05 bits per heavy atom. The number of ether oxygens (including phenoxy) is 2. The number of methoxy groups -OCH3 is 1. The fourth-order valence-electron chi connectivity index (χ4n) is 3.94. The predicted octanol–water partition coefficient (Wildman–Crippen LogP) is 6.83. The minimum atomic E-state index is -5.69.